The number of nitrogens with zero attached hydrogens (tertiary/aromatic N) is 1. The van der Waals surface area contributed by atoms with E-state index in [2.05, 4.69) is 9.97 Å². The summed E-state index contributed by atoms with van der Waals surface area (Å²) in [5.74, 6) is 1.31. The predicted molar refractivity (Wildman–Crippen MR) is 78.6 cm³/mol. The van der Waals surface area contributed by atoms with Crippen LogP contribution in [0.25, 0.3) is 10.9 Å². The summed E-state index contributed by atoms with van der Waals surface area (Å²) in [7, 11) is 0. The first kappa shape index (κ1) is 14.8. The van der Waals surface area contributed by atoms with Crippen molar-refractivity contribution in [3.63, 3.8) is 0 Å². The minimum absolute atomic E-state index is 0. The lowest BCUT2D eigenvalue weighted by Gasteiger charge is -2.22. The van der Waals surface area contributed by atoms with Crippen molar-refractivity contribution in [1.29, 1.82) is 0 Å². The molecule has 1 aromatic carbocycles. The van der Waals surface area contributed by atoms with Crippen molar-refractivity contribution in [2.24, 2.45) is 5.92 Å². The molecule has 3 rings (SSSR count). The van der Waals surface area contributed by atoms with Crippen LogP contribution in [0.5, 0.6) is 5.75 Å². The molecule has 0 radical (unpaired) electrons. The number of hydrogen-bond donors (Lipinski definition) is 1. The Morgan fingerprint density at radius 2 is 2.15 bits per heavy atom. The highest BCUT2D eigenvalue weighted by Gasteiger charge is 2.14. The Kier molecular flexibility index (Phi) is 4.98. The van der Waals surface area contributed by atoms with Gasteiger partial charge < -0.3 is 14.5 Å². The number of ether oxygens (including phenoxy) is 2. The Balaban J connectivity index is 0.00000147. The van der Waals surface area contributed by atoms with Gasteiger partial charge >= 0.3 is 0 Å². The van der Waals surface area contributed by atoms with Gasteiger partial charge in [-0.2, -0.15) is 0 Å². The lowest BCUT2D eigenvalue weighted by molar-refractivity contribution is 0.0498. The molecule has 0 amide bonds. The van der Waals surface area contributed by atoms with E-state index in [1.54, 1.807) is 6.07 Å². The number of aromatic amines is 1. The standard InChI is InChI=1S/C14H16N2O3.ClH/c17-14-12-2-1-11(7-13(12)15-9-16-14)19-8-10-3-5-18-6-4-10;/h1-2,7,9-10H,3-6,8H2,(H,15,16,17);1H. The number of rotatable bonds is 3. The van der Waals surface area contributed by atoms with E-state index >= 15 is 0 Å². The summed E-state index contributed by atoms with van der Waals surface area (Å²) in [4.78, 5) is 18.2. The van der Waals surface area contributed by atoms with Crippen molar-refractivity contribution in [1.82, 2.24) is 9.97 Å². The van der Waals surface area contributed by atoms with Crippen molar-refractivity contribution < 1.29 is 9.47 Å². The molecule has 2 heterocycles. The van der Waals surface area contributed by atoms with Gasteiger partial charge in [-0.05, 0) is 30.9 Å². The molecule has 0 spiro atoms. The highest BCUT2D eigenvalue weighted by molar-refractivity contribution is 5.85. The van der Waals surface area contributed by atoms with Gasteiger partial charge in [-0.3, -0.25) is 4.79 Å². The summed E-state index contributed by atoms with van der Waals surface area (Å²) in [6.45, 7) is 2.34. The highest BCUT2D eigenvalue weighted by Crippen LogP contribution is 2.20. The molecule has 20 heavy (non-hydrogen) atoms. The largest absolute Gasteiger partial charge is 0.493 e. The third-order valence-corrected chi connectivity index (χ3v) is 3.44. The van der Waals surface area contributed by atoms with Gasteiger partial charge in [0.2, 0.25) is 0 Å². The molecule has 1 aliphatic heterocycles. The lowest BCUT2D eigenvalue weighted by Crippen LogP contribution is -2.21. The summed E-state index contributed by atoms with van der Waals surface area (Å²) >= 11 is 0. The molecule has 0 unspecified atom stereocenters. The number of H-pyrrole nitrogens is 1. The van der Waals surface area contributed by atoms with Crippen molar-refractivity contribution in [3.8, 4) is 5.75 Å². The normalized spacial score (nSPS) is 15.8. The molecular formula is C14H17ClN2O3. The molecule has 2 aromatic rings. The van der Waals surface area contributed by atoms with Crippen LogP contribution < -0.4 is 10.3 Å². The average molecular weight is 297 g/mol. The number of benzene rings is 1. The first-order valence-electron chi connectivity index (χ1n) is 6.51. The maximum Gasteiger partial charge on any atom is 0.258 e. The number of hydrogen-bond acceptors (Lipinski definition) is 4. The zero-order valence-electron chi connectivity index (χ0n) is 11.0. The summed E-state index contributed by atoms with van der Waals surface area (Å²) in [6.07, 6.45) is 3.50. The van der Waals surface area contributed by atoms with Crippen LogP contribution in [0.15, 0.2) is 29.3 Å². The van der Waals surface area contributed by atoms with Crippen LogP contribution in [-0.2, 0) is 4.74 Å². The van der Waals surface area contributed by atoms with Crippen LogP contribution in [0.2, 0.25) is 0 Å². The van der Waals surface area contributed by atoms with Crippen LogP contribution in [0.1, 0.15) is 12.8 Å². The minimum atomic E-state index is -0.124. The highest BCUT2D eigenvalue weighted by atomic mass is 35.5. The number of fused-ring (bicyclic) bond motifs is 1. The molecule has 0 atom stereocenters. The van der Waals surface area contributed by atoms with Gasteiger partial charge in [0.05, 0.1) is 23.8 Å². The van der Waals surface area contributed by atoms with Gasteiger partial charge in [-0.25, -0.2) is 4.98 Å². The SMILES string of the molecule is Cl.O=c1[nH]cnc2cc(OCC3CCOCC3)ccc12. The maximum absolute atomic E-state index is 11.5. The minimum Gasteiger partial charge on any atom is -0.493 e. The van der Waals surface area contributed by atoms with Gasteiger partial charge in [0.25, 0.3) is 5.56 Å². The smallest absolute Gasteiger partial charge is 0.258 e. The van der Waals surface area contributed by atoms with Crippen LogP contribution in [0.4, 0.5) is 0 Å². The molecule has 1 fully saturated rings. The van der Waals surface area contributed by atoms with Crippen LogP contribution in [0.3, 0.4) is 0 Å². The molecule has 5 nitrogen and oxygen atoms in total. The number of aromatic nitrogens is 2. The third-order valence-electron chi connectivity index (χ3n) is 3.44. The number of halogens is 1. The fourth-order valence-electron chi connectivity index (χ4n) is 2.27. The van der Waals surface area contributed by atoms with E-state index in [0.717, 1.165) is 31.8 Å². The van der Waals surface area contributed by atoms with E-state index < -0.39 is 0 Å². The third kappa shape index (κ3) is 3.29. The summed E-state index contributed by atoms with van der Waals surface area (Å²) in [5.41, 5.74) is 0.536. The van der Waals surface area contributed by atoms with E-state index in [0.29, 0.717) is 23.4 Å². The average Bonchev–Trinajstić information content (AvgIpc) is 2.46. The van der Waals surface area contributed by atoms with Crippen molar-refractivity contribution in [2.45, 2.75) is 12.8 Å². The molecule has 1 aliphatic rings. The van der Waals surface area contributed by atoms with Gasteiger partial charge in [0, 0.05) is 19.3 Å². The zero-order chi connectivity index (χ0) is 13.1. The van der Waals surface area contributed by atoms with Gasteiger partial charge in [0.15, 0.2) is 0 Å². The van der Waals surface area contributed by atoms with Crippen LogP contribution in [0, 0.1) is 5.92 Å². The van der Waals surface area contributed by atoms with Crippen LogP contribution >= 0.6 is 12.4 Å². The molecule has 0 saturated carbocycles. The molecule has 1 N–H and O–H groups in total. The van der Waals surface area contributed by atoms with Crippen molar-refractivity contribution >= 4 is 23.3 Å². The fraction of sp³-hybridized carbons (Fsp3) is 0.429. The molecule has 108 valence electrons. The second-order valence-electron chi connectivity index (χ2n) is 4.78. The van der Waals surface area contributed by atoms with Gasteiger partial charge in [-0.1, -0.05) is 0 Å². The lowest BCUT2D eigenvalue weighted by atomic mass is 10.0. The first-order valence-corrected chi connectivity index (χ1v) is 6.51. The van der Waals surface area contributed by atoms with Crippen molar-refractivity contribution in [2.75, 3.05) is 19.8 Å². The molecule has 1 aromatic heterocycles. The second kappa shape index (κ2) is 6.72. The molecule has 0 bridgehead atoms. The van der Waals surface area contributed by atoms with Crippen LogP contribution in [-0.4, -0.2) is 29.8 Å². The Morgan fingerprint density at radius 3 is 2.95 bits per heavy atom. The summed E-state index contributed by atoms with van der Waals surface area (Å²) < 4.78 is 11.1. The first-order chi connectivity index (χ1) is 9.33. The van der Waals surface area contributed by atoms with E-state index in [-0.39, 0.29) is 18.0 Å². The quantitative estimate of drug-likeness (QED) is 0.942. The monoisotopic (exact) mass is 296 g/mol. The fourth-order valence-corrected chi connectivity index (χ4v) is 2.27. The molecule has 6 heteroatoms. The van der Waals surface area contributed by atoms with E-state index in [1.165, 1.54) is 6.33 Å². The molecular weight excluding hydrogens is 280 g/mol. The maximum atomic E-state index is 11.5. The Morgan fingerprint density at radius 1 is 1.35 bits per heavy atom. The van der Waals surface area contributed by atoms with Gasteiger partial charge in [0.1, 0.15) is 5.75 Å². The molecule has 0 aliphatic carbocycles. The predicted octanol–water partition coefficient (Wildman–Crippen LogP) is 2.15. The Hall–Kier alpha value is -1.59. The van der Waals surface area contributed by atoms with E-state index in [1.807, 2.05) is 12.1 Å². The Labute approximate surface area is 122 Å². The number of nitrogens with one attached hydrogen (secondary N) is 1. The van der Waals surface area contributed by atoms with E-state index in [4.69, 9.17) is 9.47 Å². The van der Waals surface area contributed by atoms with Gasteiger partial charge in [-0.15, -0.1) is 12.4 Å². The topological polar surface area (TPSA) is 64.2 Å². The zero-order valence-corrected chi connectivity index (χ0v) is 11.8. The summed E-state index contributed by atoms with van der Waals surface area (Å²) in [5, 5.41) is 0.584. The van der Waals surface area contributed by atoms with Crippen molar-refractivity contribution in [3.05, 3.63) is 34.9 Å². The molecule has 1 saturated heterocycles. The summed E-state index contributed by atoms with van der Waals surface area (Å²) in [6, 6.07) is 5.38. The van der Waals surface area contributed by atoms with E-state index in [9.17, 15) is 4.79 Å². The Bertz CT molecular complexity index is 623. The second-order valence-corrected chi connectivity index (χ2v) is 4.78.